The van der Waals surface area contributed by atoms with Crippen molar-refractivity contribution in [3.8, 4) is 17.5 Å². The number of nitrogens with zero attached hydrogens (tertiary/aromatic N) is 5. The molecule has 0 aliphatic rings. The van der Waals surface area contributed by atoms with E-state index in [0.717, 1.165) is 18.2 Å². The van der Waals surface area contributed by atoms with E-state index < -0.39 is 10.7 Å². The summed E-state index contributed by atoms with van der Waals surface area (Å²) >= 11 is 0. The highest BCUT2D eigenvalue weighted by atomic mass is 19.1. The van der Waals surface area contributed by atoms with Crippen LogP contribution in [0, 0.1) is 27.3 Å². The van der Waals surface area contributed by atoms with Crippen molar-refractivity contribution >= 4 is 11.3 Å². The van der Waals surface area contributed by atoms with Crippen molar-refractivity contribution in [2.75, 3.05) is 0 Å². The van der Waals surface area contributed by atoms with Gasteiger partial charge in [0.15, 0.2) is 11.5 Å². The number of nitriles is 1. The second kappa shape index (κ2) is 4.64. The molecule has 2 heterocycles. The lowest BCUT2D eigenvalue weighted by Gasteiger charge is -2.02. The van der Waals surface area contributed by atoms with Crippen LogP contribution in [0.15, 0.2) is 36.5 Å². The third-order valence-electron chi connectivity index (χ3n) is 2.93. The molecule has 0 amide bonds. The van der Waals surface area contributed by atoms with E-state index in [-0.39, 0.29) is 17.1 Å². The van der Waals surface area contributed by atoms with Gasteiger partial charge in [-0.05, 0) is 24.3 Å². The zero-order valence-corrected chi connectivity index (χ0v) is 10.4. The monoisotopic (exact) mass is 283 g/mol. The van der Waals surface area contributed by atoms with Gasteiger partial charge in [-0.2, -0.15) is 5.26 Å². The van der Waals surface area contributed by atoms with E-state index in [2.05, 4.69) is 10.2 Å². The molecule has 3 aromatic rings. The first-order valence-electron chi connectivity index (χ1n) is 5.79. The second-order valence-corrected chi connectivity index (χ2v) is 4.20. The fraction of sp³-hybridized carbons (Fsp3) is 0. The van der Waals surface area contributed by atoms with E-state index in [4.69, 9.17) is 5.26 Å². The number of rotatable bonds is 2. The molecule has 0 N–H and O–H groups in total. The summed E-state index contributed by atoms with van der Waals surface area (Å²) in [5, 5.41) is 27.7. The van der Waals surface area contributed by atoms with Gasteiger partial charge < -0.3 is 0 Å². The Bertz CT molecular complexity index is 913. The molecule has 0 radical (unpaired) electrons. The normalized spacial score (nSPS) is 10.5. The van der Waals surface area contributed by atoms with Gasteiger partial charge in [-0.25, -0.2) is 4.39 Å². The molecule has 102 valence electrons. The van der Waals surface area contributed by atoms with Crippen molar-refractivity contribution in [3.63, 3.8) is 0 Å². The van der Waals surface area contributed by atoms with Crippen LogP contribution < -0.4 is 0 Å². The average molecular weight is 283 g/mol. The standard InChI is InChI=1S/C13H6FN5O2/c14-9-2-3-11(19(20)21)10(5-9)13-17-16-12-4-1-8(6-15)7-18(12)13/h1-5,7H. The number of pyridine rings is 1. The lowest BCUT2D eigenvalue weighted by Crippen LogP contribution is -1.97. The third kappa shape index (κ3) is 2.06. The fourth-order valence-corrected chi connectivity index (χ4v) is 1.99. The molecule has 8 heteroatoms. The van der Waals surface area contributed by atoms with E-state index in [0.29, 0.717) is 11.2 Å². The van der Waals surface area contributed by atoms with Crippen molar-refractivity contribution in [2.45, 2.75) is 0 Å². The number of hydrogen-bond donors (Lipinski definition) is 0. The molecule has 0 saturated carbocycles. The van der Waals surface area contributed by atoms with Crippen LogP contribution in [0.3, 0.4) is 0 Å². The third-order valence-corrected chi connectivity index (χ3v) is 2.93. The van der Waals surface area contributed by atoms with Gasteiger partial charge in [0, 0.05) is 12.3 Å². The molecule has 0 saturated heterocycles. The highest BCUT2D eigenvalue weighted by molar-refractivity contribution is 5.70. The van der Waals surface area contributed by atoms with Crippen LogP contribution in [0.5, 0.6) is 0 Å². The van der Waals surface area contributed by atoms with Gasteiger partial charge in [-0.1, -0.05) is 0 Å². The van der Waals surface area contributed by atoms with Crippen molar-refractivity contribution in [3.05, 3.63) is 58.0 Å². The van der Waals surface area contributed by atoms with Crippen LogP contribution in [0.2, 0.25) is 0 Å². The van der Waals surface area contributed by atoms with Gasteiger partial charge >= 0.3 is 0 Å². The molecule has 0 aliphatic heterocycles. The number of aromatic nitrogens is 3. The van der Waals surface area contributed by atoms with Gasteiger partial charge in [0.25, 0.3) is 5.69 Å². The molecule has 7 nitrogen and oxygen atoms in total. The Morgan fingerprint density at radius 1 is 1.29 bits per heavy atom. The molecule has 0 aliphatic carbocycles. The van der Waals surface area contributed by atoms with Gasteiger partial charge in [0.2, 0.25) is 0 Å². The van der Waals surface area contributed by atoms with Gasteiger partial charge in [0.05, 0.1) is 10.5 Å². The first-order chi connectivity index (χ1) is 10.1. The molecule has 3 rings (SSSR count). The van der Waals surface area contributed by atoms with Crippen molar-refractivity contribution in [1.29, 1.82) is 5.26 Å². The number of nitro groups is 1. The highest BCUT2D eigenvalue weighted by Gasteiger charge is 2.20. The van der Waals surface area contributed by atoms with Gasteiger partial charge in [-0.15, -0.1) is 10.2 Å². The summed E-state index contributed by atoms with van der Waals surface area (Å²) in [5.74, 6) is -0.517. The number of nitro benzene ring substituents is 1. The van der Waals surface area contributed by atoms with Crippen LogP contribution in [-0.4, -0.2) is 19.5 Å². The lowest BCUT2D eigenvalue weighted by atomic mass is 10.1. The molecule has 0 fully saturated rings. The number of benzene rings is 1. The molecule has 1 aromatic carbocycles. The number of hydrogen-bond acceptors (Lipinski definition) is 5. The molecule has 0 atom stereocenters. The van der Waals surface area contributed by atoms with E-state index >= 15 is 0 Å². The largest absolute Gasteiger partial charge is 0.281 e. The zero-order chi connectivity index (χ0) is 15.0. The molecule has 0 bridgehead atoms. The summed E-state index contributed by atoms with van der Waals surface area (Å²) in [7, 11) is 0. The Hall–Kier alpha value is -3.34. The molecule has 0 unspecified atom stereocenters. The minimum absolute atomic E-state index is 0.00240. The fourth-order valence-electron chi connectivity index (χ4n) is 1.99. The summed E-state index contributed by atoms with van der Waals surface area (Å²) in [6, 6.07) is 8.15. The zero-order valence-electron chi connectivity index (χ0n) is 10.4. The van der Waals surface area contributed by atoms with Crippen molar-refractivity contribution in [1.82, 2.24) is 14.6 Å². The summed E-state index contributed by atoms with van der Waals surface area (Å²) in [6.45, 7) is 0. The number of fused-ring (bicyclic) bond motifs is 1. The Balaban J connectivity index is 2.33. The van der Waals surface area contributed by atoms with Crippen molar-refractivity contribution < 1.29 is 9.31 Å². The maximum Gasteiger partial charge on any atom is 0.280 e. The first-order valence-corrected chi connectivity index (χ1v) is 5.79. The van der Waals surface area contributed by atoms with E-state index in [1.54, 1.807) is 12.1 Å². The quantitative estimate of drug-likeness (QED) is 0.531. The predicted molar refractivity (Wildman–Crippen MR) is 69.8 cm³/mol. The van der Waals surface area contributed by atoms with Crippen LogP contribution in [0.25, 0.3) is 17.0 Å². The van der Waals surface area contributed by atoms with E-state index in [9.17, 15) is 14.5 Å². The van der Waals surface area contributed by atoms with Crippen molar-refractivity contribution in [2.24, 2.45) is 0 Å². The van der Waals surface area contributed by atoms with Crippen LogP contribution in [-0.2, 0) is 0 Å². The molecular formula is C13H6FN5O2. The minimum atomic E-state index is -0.621. The topological polar surface area (TPSA) is 97.1 Å². The first kappa shape index (κ1) is 12.7. The van der Waals surface area contributed by atoms with Gasteiger partial charge in [0.1, 0.15) is 17.4 Å². The molecular weight excluding hydrogens is 277 g/mol. The van der Waals surface area contributed by atoms with Crippen LogP contribution in [0.4, 0.5) is 10.1 Å². The highest BCUT2D eigenvalue weighted by Crippen LogP contribution is 2.29. The Labute approximate surface area is 117 Å². The summed E-state index contributed by atoms with van der Waals surface area (Å²) < 4.78 is 14.8. The maximum atomic E-state index is 13.4. The van der Waals surface area contributed by atoms with E-state index in [1.165, 1.54) is 10.6 Å². The van der Waals surface area contributed by atoms with Crippen LogP contribution in [0.1, 0.15) is 5.56 Å². The van der Waals surface area contributed by atoms with Gasteiger partial charge in [-0.3, -0.25) is 14.5 Å². The molecule has 0 spiro atoms. The molecule has 2 aromatic heterocycles. The second-order valence-electron chi connectivity index (χ2n) is 4.20. The minimum Gasteiger partial charge on any atom is -0.281 e. The lowest BCUT2D eigenvalue weighted by molar-refractivity contribution is -0.384. The molecule has 21 heavy (non-hydrogen) atoms. The Kier molecular flexibility index (Phi) is 2.80. The van der Waals surface area contributed by atoms with E-state index in [1.807, 2.05) is 6.07 Å². The van der Waals surface area contributed by atoms with Crippen LogP contribution >= 0.6 is 0 Å². The Morgan fingerprint density at radius 2 is 2.10 bits per heavy atom. The SMILES string of the molecule is N#Cc1ccc2nnc(-c3cc(F)ccc3[N+](=O)[O-])n2c1. The average Bonchev–Trinajstić information content (AvgIpc) is 2.89. The number of halogens is 1. The summed E-state index contributed by atoms with van der Waals surface area (Å²) in [5.41, 5.74) is 0.459. The Morgan fingerprint density at radius 3 is 2.81 bits per heavy atom. The predicted octanol–water partition coefficient (Wildman–Crippen LogP) is 2.32. The smallest absolute Gasteiger partial charge is 0.280 e. The maximum absolute atomic E-state index is 13.4. The summed E-state index contributed by atoms with van der Waals surface area (Å²) in [4.78, 5) is 10.4. The summed E-state index contributed by atoms with van der Waals surface area (Å²) in [6.07, 6.45) is 1.44.